The summed E-state index contributed by atoms with van der Waals surface area (Å²) in [6.07, 6.45) is 6.22. The van der Waals surface area contributed by atoms with Gasteiger partial charge in [-0.05, 0) is 43.2 Å². The van der Waals surface area contributed by atoms with Crippen molar-refractivity contribution in [3.05, 3.63) is 53.6 Å². The molecule has 0 saturated heterocycles. The van der Waals surface area contributed by atoms with Crippen LogP contribution in [0.3, 0.4) is 0 Å². The summed E-state index contributed by atoms with van der Waals surface area (Å²) >= 11 is 0. The van der Waals surface area contributed by atoms with Gasteiger partial charge >= 0.3 is 5.97 Å². The summed E-state index contributed by atoms with van der Waals surface area (Å²) in [6.45, 7) is 0.879. The fraction of sp³-hybridized carbons (Fsp3) is 0.364. The number of anilines is 1. The summed E-state index contributed by atoms with van der Waals surface area (Å²) in [5.74, 6) is -1.71. The third kappa shape index (κ3) is 5.71. The lowest BCUT2D eigenvalue weighted by molar-refractivity contribution is 0.0129. The lowest BCUT2D eigenvalue weighted by atomic mass is 9.98. The Morgan fingerprint density at radius 2 is 1.79 bits per heavy atom. The van der Waals surface area contributed by atoms with Crippen LogP contribution in [0.15, 0.2) is 42.5 Å². The van der Waals surface area contributed by atoms with Gasteiger partial charge in [0, 0.05) is 5.56 Å². The molecule has 29 heavy (non-hydrogen) atoms. The summed E-state index contributed by atoms with van der Waals surface area (Å²) < 4.78 is 11.5. The van der Waals surface area contributed by atoms with Gasteiger partial charge in [-0.15, -0.1) is 0 Å². The first-order valence-electron chi connectivity index (χ1n) is 9.75. The molecule has 0 heterocycles. The van der Waals surface area contributed by atoms with Gasteiger partial charge in [-0.1, -0.05) is 31.4 Å². The molecule has 3 rings (SSSR count). The molecule has 0 unspecified atom stereocenters. The van der Waals surface area contributed by atoms with Gasteiger partial charge in [-0.25, -0.2) is 4.79 Å². The van der Waals surface area contributed by atoms with Crippen molar-refractivity contribution in [2.75, 3.05) is 18.5 Å². The normalized spacial score (nSPS) is 14.3. The summed E-state index contributed by atoms with van der Waals surface area (Å²) in [5.41, 5.74) is -0.0156. The van der Waals surface area contributed by atoms with E-state index in [1.807, 2.05) is 0 Å². The average Bonchev–Trinajstić information content (AvgIpc) is 2.72. The topological polar surface area (TPSA) is 105 Å². The number of hydrogen-bond donors (Lipinski definition) is 3. The molecule has 0 atom stereocenters. The number of benzene rings is 2. The molecule has 0 radical (unpaired) electrons. The molecule has 1 aliphatic rings. The summed E-state index contributed by atoms with van der Waals surface area (Å²) in [7, 11) is 0. The van der Waals surface area contributed by atoms with E-state index in [1.54, 1.807) is 24.3 Å². The highest BCUT2D eigenvalue weighted by molar-refractivity contribution is 6.08. The predicted molar refractivity (Wildman–Crippen MR) is 108 cm³/mol. The standard InChI is InChI=1S/C22H25NO6/c24-19-11-5-10-18(20(19)22(26)27)23-21(25)15-6-4-9-17(14-15)29-13-12-28-16-7-2-1-3-8-16/h4-6,9-11,14,16,24H,1-3,7-8,12-13H2,(H,23,25)(H,26,27). The monoisotopic (exact) mass is 399 g/mol. The fourth-order valence-electron chi connectivity index (χ4n) is 3.40. The minimum atomic E-state index is -1.33. The molecule has 1 saturated carbocycles. The molecular weight excluding hydrogens is 374 g/mol. The van der Waals surface area contributed by atoms with Crippen LogP contribution in [0.2, 0.25) is 0 Å². The Morgan fingerprint density at radius 1 is 1.03 bits per heavy atom. The van der Waals surface area contributed by atoms with E-state index < -0.39 is 17.6 Å². The van der Waals surface area contributed by atoms with Crippen molar-refractivity contribution in [1.82, 2.24) is 0 Å². The predicted octanol–water partition coefficient (Wildman–Crippen LogP) is 4.07. The number of rotatable bonds is 8. The van der Waals surface area contributed by atoms with Crippen molar-refractivity contribution in [2.24, 2.45) is 0 Å². The summed E-state index contributed by atoms with van der Waals surface area (Å²) in [6, 6.07) is 10.8. The second-order valence-electron chi connectivity index (χ2n) is 6.97. The number of nitrogens with one attached hydrogen (secondary N) is 1. The lowest BCUT2D eigenvalue weighted by Crippen LogP contribution is -2.20. The van der Waals surface area contributed by atoms with Gasteiger partial charge in [0.15, 0.2) is 0 Å². The minimum absolute atomic E-state index is 0.0229. The van der Waals surface area contributed by atoms with E-state index in [1.165, 1.54) is 37.5 Å². The van der Waals surface area contributed by atoms with Gasteiger partial charge in [0.1, 0.15) is 23.7 Å². The first-order chi connectivity index (χ1) is 14.0. The van der Waals surface area contributed by atoms with Crippen molar-refractivity contribution in [3.63, 3.8) is 0 Å². The zero-order valence-electron chi connectivity index (χ0n) is 16.1. The molecule has 0 bridgehead atoms. The molecule has 7 nitrogen and oxygen atoms in total. The number of ether oxygens (including phenoxy) is 2. The zero-order chi connectivity index (χ0) is 20.6. The van der Waals surface area contributed by atoms with Crippen molar-refractivity contribution < 1.29 is 29.3 Å². The van der Waals surface area contributed by atoms with E-state index in [2.05, 4.69) is 5.32 Å². The highest BCUT2D eigenvalue weighted by Gasteiger charge is 2.18. The van der Waals surface area contributed by atoms with Crippen molar-refractivity contribution in [1.29, 1.82) is 0 Å². The number of carbonyl (C=O) groups is 2. The number of carbonyl (C=O) groups excluding carboxylic acids is 1. The Kier molecular flexibility index (Phi) is 7.08. The Bertz CT molecular complexity index is 860. The first-order valence-corrected chi connectivity index (χ1v) is 9.75. The van der Waals surface area contributed by atoms with E-state index in [0.29, 0.717) is 30.6 Å². The number of carboxylic acids is 1. The Labute approximate surface area is 169 Å². The minimum Gasteiger partial charge on any atom is -0.507 e. The second kappa shape index (κ2) is 9.93. The van der Waals surface area contributed by atoms with Gasteiger partial charge < -0.3 is 25.0 Å². The Hall–Kier alpha value is -3.06. The van der Waals surface area contributed by atoms with Crippen LogP contribution in [0, 0.1) is 0 Å². The third-order valence-electron chi connectivity index (χ3n) is 4.86. The largest absolute Gasteiger partial charge is 0.507 e. The molecule has 2 aromatic carbocycles. The van der Waals surface area contributed by atoms with E-state index in [4.69, 9.17) is 9.47 Å². The van der Waals surface area contributed by atoms with Crippen LogP contribution in [0.5, 0.6) is 11.5 Å². The van der Waals surface area contributed by atoms with Crippen LogP contribution >= 0.6 is 0 Å². The van der Waals surface area contributed by atoms with Crippen molar-refractivity contribution in [2.45, 2.75) is 38.2 Å². The maximum Gasteiger partial charge on any atom is 0.341 e. The quantitative estimate of drug-likeness (QED) is 0.578. The number of carboxylic acid groups (broad SMARTS) is 1. The Balaban J connectivity index is 1.57. The van der Waals surface area contributed by atoms with Gasteiger partial charge in [-0.2, -0.15) is 0 Å². The van der Waals surface area contributed by atoms with Crippen molar-refractivity contribution >= 4 is 17.6 Å². The van der Waals surface area contributed by atoms with E-state index in [-0.39, 0.29) is 11.3 Å². The van der Waals surface area contributed by atoms with Crippen LogP contribution in [0.4, 0.5) is 5.69 Å². The molecule has 0 spiro atoms. The molecule has 0 aliphatic heterocycles. The summed E-state index contributed by atoms with van der Waals surface area (Å²) in [5, 5.41) is 21.5. The number of hydrogen-bond acceptors (Lipinski definition) is 5. The van der Waals surface area contributed by atoms with Crippen LogP contribution < -0.4 is 10.1 Å². The van der Waals surface area contributed by atoms with Crippen LogP contribution in [0.25, 0.3) is 0 Å². The summed E-state index contributed by atoms with van der Waals surface area (Å²) in [4.78, 5) is 23.9. The maximum absolute atomic E-state index is 12.5. The number of amides is 1. The highest BCUT2D eigenvalue weighted by Crippen LogP contribution is 2.26. The van der Waals surface area contributed by atoms with Gasteiger partial charge in [0.2, 0.25) is 0 Å². The molecule has 2 aromatic rings. The van der Waals surface area contributed by atoms with Gasteiger partial charge in [0.25, 0.3) is 5.91 Å². The molecular formula is C22H25NO6. The molecule has 3 N–H and O–H groups in total. The first kappa shape index (κ1) is 20.7. The molecule has 7 heteroatoms. The van der Waals surface area contributed by atoms with E-state index >= 15 is 0 Å². The molecule has 1 amide bonds. The van der Waals surface area contributed by atoms with Crippen LogP contribution in [-0.2, 0) is 4.74 Å². The maximum atomic E-state index is 12.5. The molecule has 1 aliphatic carbocycles. The Morgan fingerprint density at radius 3 is 2.55 bits per heavy atom. The van der Waals surface area contributed by atoms with Crippen molar-refractivity contribution in [3.8, 4) is 11.5 Å². The number of aromatic carboxylic acids is 1. The lowest BCUT2D eigenvalue weighted by Gasteiger charge is -2.21. The second-order valence-corrected chi connectivity index (χ2v) is 6.97. The van der Waals surface area contributed by atoms with Gasteiger partial charge in [-0.3, -0.25) is 4.79 Å². The van der Waals surface area contributed by atoms with E-state index in [0.717, 1.165) is 12.8 Å². The molecule has 1 fully saturated rings. The molecule has 154 valence electrons. The van der Waals surface area contributed by atoms with Crippen LogP contribution in [0.1, 0.15) is 52.8 Å². The third-order valence-corrected chi connectivity index (χ3v) is 4.86. The fourth-order valence-corrected chi connectivity index (χ4v) is 3.40. The average molecular weight is 399 g/mol. The molecule has 0 aromatic heterocycles. The highest BCUT2D eigenvalue weighted by atomic mass is 16.5. The SMILES string of the molecule is O=C(Nc1cccc(O)c1C(=O)O)c1cccc(OCCOC2CCCCC2)c1. The van der Waals surface area contributed by atoms with Crippen LogP contribution in [-0.4, -0.2) is 41.4 Å². The van der Waals surface area contributed by atoms with E-state index in [9.17, 15) is 19.8 Å². The smallest absolute Gasteiger partial charge is 0.341 e. The number of aromatic hydroxyl groups is 1. The number of phenols is 1. The zero-order valence-corrected chi connectivity index (χ0v) is 16.1. The van der Waals surface area contributed by atoms with Gasteiger partial charge in [0.05, 0.1) is 18.4 Å².